The van der Waals surface area contributed by atoms with Crippen LogP contribution >= 0.6 is 0 Å². The lowest BCUT2D eigenvalue weighted by molar-refractivity contribution is -0.130. The number of carbonyl (C=O) groups is 2. The molecule has 3 rings (SSSR count). The van der Waals surface area contributed by atoms with Gasteiger partial charge < -0.3 is 15.4 Å². The zero-order valence-corrected chi connectivity index (χ0v) is 17.0. The van der Waals surface area contributed by atoms with Crippen molar-refractivity contribution in [2.75, 3.05) is 11.9 Å². The Morgan fingerprint density at radius 1 is 1.00 bits per heavy atom. The van der Waals surface area contributed by atoms with Gasteiger partial charge in [-0.2, -0.15) is 0 Å². The van der Waals surface area contributed by atoms with E-state index in [4.69, 9.17) is 4.74 Å². The van der Waals surface area contributed by atoms with Gasteiger partial charge in [-0.25, -0.2) is 0 Å². The molecule has 5 heteroatoms. The molecule has 0 aromatic heterocycles. The fourth-order valence-corrected chi connectivity index (χ4v) is 3.74. The van der Waals surface area contributed by atoms with E-state index in [1.165, 1.54) is 6.42 Å². The summed E-state index contributed by atoms with van der Waals surface area (Å²) in [5.41, 5.74) is 1.70. The molecule has 2 aromatic carbocycles. The second kappa shape index (κ2) is 10.6. The number of ether oxygens (including phenoxy) is 1. The lowest BCUT2D eigenvalue weighted by atomic mass is 9.88. The Kier molecular flexibility index (Phi) is 7.68. The van der Waals surface area contributed by atoms with Crippen LogP contribution in [0.4, 0.5) is 5.69 Å². The Morgan fingerprint density at radius 3 is 2.34 bits per heavy atom. The number of anilines is 1. The molecule has 1 aliphatic carbocycles. The molecule has 0 saturated heterocycles. The van der Waals surface area contributed by atoms with E-state index < -0.39 is 6.04 Å². The van der Waals surface area contributed by atoms with Crippen molar-refractivity contribution in [3.05, 3.63) is 60.2 Å². The molecule has 1 aliphatic rings. The van der Waals surface area contributed by atoms with E-state index in [2.05, 4.69) is 10.6 Å². The highest BCUT2D eigenvalue weighted by Crippen LogP contribution is 2.24. The minimum Gasteiger partial charge on any atom is -0.494 e. The van der Waals surface area contributed by atoms with E-state index in [1.54, 1.807) is 0 Å². The van der Waals surface area contributed by atoms with Gasteiger partial charge in [-0.1, -0.05) is 49.6 Å². The van der Waals surface area contributed by atoms with Crippen LogP contribution in [0.15, 0.2) is 54.6 Å². The summed E-state index contributed by atoms with van der Waals surface area (Å²) in [4.78, 5) is 25.8. The maximum absolute atomic E-state index is 13.0. The summed E-state index contributed by atoms with van der Waals surface area (Å²) in [5, 5.41) is 5.94. The quantitative estimate of drug-likeness (QED) is 0.700. The third-order valence-corrected chi connectivity index (χ3v) is 5.32. The molecule has 5 nitrogen and oxygen atoms in total. The van der Waals surface area contributed by atoms with Crippen LogP contribution in [0.5, 0.6) is 5.75 Å². The molecule has 0 unspecified atom stereocenters. The summed E-state index contributed by atoms with van der Waals surface area (Å²) in [7, 11) is 0. The average molecular weight is 395 g/mol. The smallest absolute Gasteiger partial charge is 0.247 e. The Labute approximate surface area is 172 Å². The second-order valence-corrected chi connectivity index (χ2v) is 7.53. The van der Waals surface area contributed by atoms with E-state index in [0.717, 1.165) is 37.0 Å². The standard InChI is InChI=1S/C24H30N2O3/c1-2-29-21-15-13-20(14-16-21)25-24(28)22(17-18-9-5-3-6-10-18)26-23(27)19-11-7-4-8-12-19/h3,5-6,9-10,13-16,19,22H,2,4,7-8,11-12,17H2,1H3,(H,25,28)(H,26,27)/t22-/m1/s1. The molecule has 2 aromatic rings. The fraction of sp³-hybridized carbons (Fsp3) is 0.417. The molecular weight excluding hydrogens is 364 g/mol. The zero-order valence-electron chi connectivity index (χ0n) is 17.0. The predicted octanol–water partition coefficient (Wildman–Crippen LogP) is 4.33. The van der Waals surface area contributed by atoms with Crippen LogP contribution in [0.3, 0.4) is 0 Å². The minimum atomic E-state index is -0.613. The first kappa shape index (κ1) is 20.9. The third kappa shape index (κ3) is 6.34. The topological polar surface area (TPSA) is 67.4 Å². The van der Waals surface area contributed by atoms with Crippen molar-refractivity contribution in [1.82, 2.24) is 5.32 Å². The number of hydrogen-bond donors (Lipinski definition) is 2. The monoisotopic (exact) mass is 394 g/mol. The van der Waals surface area contributed by atoms with E-state index in [1.807, 2.05) is 61.5 Å². The molecule has 154 valence electrons. The molecule has 1 fully saturated rings. The van der Waals surface area contributed by atoms with Crippen molar-refractivity contribution >= 4 is 17.5 Å². The second-order valence-electron chi connectivity index (χ2n) is 7.53. The first-order valence-corrected chi connectivity index (χ1v) is 10.5. The Bertz CT molecular complexity index is 784. The third-order valence-electron chi connectivity index (χ3n) is 5.32. The van der Waals surface area contributed by atoms with Crippen LogP contribution in [-0.4, -0.2) is 24.5 Å². The van der Waals surface area contributed by atoms with Gasteiger partial charge >= 0.3 is 0 Å². The molecule has 29 heavy (non-hydrogen) atoms. The van der Waals surface area contributed by atoms with Crippen LogP contribution in [0.25, 0.3) is 0 Å². The number of benzene rings is 2. The Balaban J connectivity index is 1.68. The number of rotatable bonds is 8. The van der Waals surface area contributed by atoms with E-state index in [9.17, 15) is 9.59 Å². The average Bonchev–Trinajstić information content (AvgIpc) is 2.76. The molecule has 0 bridgehead atoms. The van der Waals surface area contributed by atoms with Crippen LogP contribution in [0.2, 0.25) is 0 Å². The van der Waals surface area contributed by atoms with Gasteiger partial charge in [0.2, 0.25) is 11.8 Å². The number of amides is 2. The van der Waals surface area contributed by atoms with Crippen LogP contribution in [0.1, 0.15) is 44.6 Å². The molecule has 2 amide bonds. The van der Waals surface area contributed by atoms with Crippen molar-refractivity contribution < 1.29 is 14.3 Å². The van der Waals surface area contributed by atoms with Gasteiger partial charge in [0.25, 0.3) is 0 Å². The highest BCUT2D eigenvalue weighted by molar-refractivity contribution is 5.97. The molecule has 1 atom stereocenters. The van der Waals surface area contributed by atoms with Gasteiger partial charge in [-0.3, -0.25) is 9.59 Å². The van der Waals surface area contributed by atoms with Crippen molar-refractivity contribution in [3.63, 3.8) is 0 Å². The highest BCUT2D eigenvalue weighted by Gasteiger charge is 2.27. The molecule has 0 spiro atoms. The summed E-state index contributed by atoms with van der Waals surface area (Å²) in [6.45, 7) is 2.52. The van der Waals surface area contributed by atoms with Crippen LogP contribution in [-0.2, 0) is 16.0 Å². The summed E-state index contributed by atoms with van der Waals surface area (Å²) in [6, 6.07) is 16.4. The highest BCUT2D eigenvalue weighted by atomic mass is 16.5. The number of nitrogens with one attached hydrogen (secondary N) is 2. The first-order chi connectivity index (χ1) is 14.2. The van der Waals surface area contributed by atoms with E-state index >= 15 is 0 Å². The van der Waals surface area contributed by atoms with Crippen molar-refractivity contribution in [3.8, 4) is 5.75 Å². The first-order valence-electron chi connectivity index (χ1n) is 10.5. The summed E-state index contributed by atoms with van der Waals surface area (Å²) >= 11 is 0. The van der Waals surface area contributed by atoms with Crippen molar-refractivity contribution in [2.45, 2.75) is 51.5 Å². The predicted molar refractivity (Wildman–Crippen MR) is 115 cm³/mol. The largest absolute Gasteiger partial charge is 0.494 e. The van der Waals surface area contributed by atoms with E-state index in [-0.39, 0.29) is 17.7 Å². The Morgan fingerprint density at radius 2 is 1.69 bits per heavy atom. The lowest BCUT2D eigenvalue weighted by Crippen LogP contribution is -2.47. The Hall–Kier alpha value is -2.82. The fourth-order valence-electron chi connectivity index (χ4n) is 3.74. The summed E-state index contributed by atoms with van der Waals surface area (Å²) in [5.74, 6) is 0.562. The maximum Gasteiger partial charge on any atom is 0.247 e. The number of hydrogen-bond acceptors (Lipinski definition) is 3. The van der Waals surface area contributed by atoms with Crippen LogP contribution < -0.4 is 15.4 Å². The molecule has 0 aliphatic heterocycles. The van der Waals surface area contributed by atoms with E-state index in [0.29, 0.717) is 18.7 Å². The van der Waals surface area contributed by atoms with Gasteiger partial charge in [0.1, 0.15) is 11.8 Å². The van der Waals surface area contributed by atoms with Crippen LogP contribution in [0, 0.1) is 5.92 Å². The van der Waals surface area contributed by atoms with Gasteiger partial charge in [-0.05, 0) is 49.6 Å². The summed E-state index contributed by atoms with van der Waals surface area (Å²) < 4.78 is 5.44. The van der Waals surface area contributed by atoms with Gasteiger partial charge in [0.05, 0.1) is 6.61 Å². The maximum atomic E-state index is 13.0. The molecule has 0 radical (unpaired) electrons. The number of carbonyl (C=O) groups excluding carboxylic acids is 2. The molecule has 1 saturated carbocycles. The normalized spacial score (nSPS) is 15.3. The molecule has 0 heterocycles. The summed E-state index contributed by atoms with van der Waals surface area (Å²) in [6.07, 6.45) is 5.63. The van der Waals surface area contributed by atoms with Gasteiger partial charge in [0, 0.05) is 18.0 Å². The minimum absolute atomic E-state index is 0.00697. The van der Waals surface area contributed by atoms with Crippen molar-refractivity contribution in [1.29, 1.82) is 0 Å². The van der Waals surface area contributed by atoms with Gasteiger partial charge in [0.15, 0.2) is 0 Å². The zero-order chi connectivity index (χ0) is 20.5. The molecular formula is C24H30N2O3. The lowest BCUT2D eigenvalue weighted by Gasteiger charge is -2.24. The van der Waals surface area contributed by atoms with Crippen molar-refractivity contribution in [2.24, 2.45) is 5.92 Å². The van der Waals surface area contributed by atoms with Gasteiger partial charge in [-0.15, -0.1) is 0 Å². The molecule has 2 N–H and O–H groups in total. The SMILES string of the molecule is CCOc1ccc(NC(=O)[C@@H](Cc2ccccc2)NC(=O)C2CCCCC2)cc1.